The molecule has 0 heterocycles. The molecule has 5 heteroatoms. The third-order valence-corrected chi connectivity index (χ3v) is 3.00. The lowest BCUT2D eigenvalue weighted by molar-refractivity contribution is -0.144. The Morgan fingerprint density at radius 3 is 2.58 bits per heavy atom. The molecule has 0 aromatic heterocycles. The van der Waals surface area contributed by atoms with E-state index in [-0.39, 0.29) is 24.8 Å². The average molecular weight is 328 g/mol. The molecule has 104 valence electrons. The maximum absolute atomic E-state index is 12.1. The van der Waals surface area contributed by atoms with Crippen LogP contribution in [0, 0.1) is 5.92 Å². The Morgan fingerprint density at radius 1 is 1.37 bits per heavy atom. The molecule has 0 fully saturated rings. The minimum atomic E-state index is -0.983. The molecule has 0 aliphatic rings. The second-order valence-electron chi connectivity index (χ2n) is 4.87. The van der Waals surface area contributed by atoms with E-state index in [4.69, 9.17) is 5.11 Å². The summed E-state index contributed by atoms with van der Waals surface area (Å²) in [5.74, 6) is -0.900. The highest BCUT2D eigenvalue weighted by molar-refractivity contribution is 9.10. The van der Waals surface area contributed by atoms with Gasteiger partial charge in [0, 0.05) is 11.0 Å². The number of hydrogen-bond donors (Lipinski definition) is 1. The van der Waals surface area contributed by atoms with Gasteiger partial charge in [0.2, 0.25) is 5.91 Å². The molecule has 1 N–H and O–H groups in total. The van der Waals surface area contributed by atoms with Gasteiger partial charge in [-0.25, -0.2) is 0 Å². The average Bonchev–Trinajstić information content (AvgIpc) is 2.26. The predicted molar refractivity (Wildman–Crippen MR) is 76.9 cm³/mol. The van der Waals surface area contributed by atoms with Crippen LogP contribution >= 0.6 is 15.9 Å². The highest BCUT2D eigenvalue weighted by Gasteiger charge is 2.18. The van der Waals surface area contributed by atoms with Crippen molar-refractivity contribution in [3.05, 3.63) is 34.3 Å². The highest BCUT2D eigenvalue weighted by atomic mass is 79.9. The summed E-state index contributed by atoms with van der Waals surface area (Å²) in [5, 5.41) is 8.85. The zero-order valence-corrected chi connectivity index (χ0v) is 12.7. The van der Waals surface area contributed by atoms with E-state index in [0.29, 0.717) is 6.54 Å². The Hall–Kier alpha value is -1.36. The van der Waals surface area contributed by atoms with Crippen molar-refractivity contribution >= 4 is 27.8 Å². The monoisotopic (exact) mass is 327 g/mol. The van der Waals surface area contributed by atoms with Gasteiger partial charge in [0.1, 0.15) is 6.54 Å². The Kier molecular flexibility index (Phi) is 6.02. The molecule has 0 saturated heterocycles. The summed E-state index contributed by atoms with van der Waals surface area (Å²) in [6.07, 6.45) is 0.222. The molecule has 0 bridgehead atoms. The summed E-state index contributed by atoms with van der Waals surface area (Å²) in [6, 6.07) is 7.47. The third kappa shape index (κ3) is 5.87. The van der Waals surface area contributed by atoms with Crippen molar-refractivity contribution in [2.75, 3.05) is 13.1 Å². The molecular weight excluding hydrogens is 310 g/mol. The lowest BCUT2D eigenvalue weighted by Crippen LogP contribution is -2.39. The van der Waals surface area contributed by atoms with Gasteiger partial charge in [-0.1, -0.05) is 41.9 Å². The van der Waals surface area contributed by atoms with Gasteiger partial charge >= 0.3 is 5.97 Å². The first-order chi connectivity index (χ1) is 8.88. The minimum absolute atomic E-state index is 0.158. The Bertz CT molecular complexity index is 460. The number of benzene rings is 1. The van der Waals surface area contributed by atoms with Gasteiger partial charge in [-0.3, -0.25) is 9.59 Å². The zero-order valence-electron chi connectivity index (χ0n) is 11.1. The van der Waals surface area contributed by atoms with Crippen molar-refractivity contribution in [3.8, 4) is 0 Å². The van der Waals surface area contributed by atoms with Gasteiger partial charge < -0.3 is 10.0 Å². The summed E-state index contributed by atoms with van der Waals surface area (Å²) in [6.45, 7) is 4.13. The summed E-state index contributed by atoms with van der Waals surface area (Å²) < 4.78 is 0.909. The van der Waals surface area contributed by atoms with Gasteiger partial charge in [0.25, 0.3) is 0 Å². The van der Waals surface area contributed by atoms with Gasteiger partial charge in [0.15, 0.2) is 0 Å². The molecule has 4 nitrogen and oxygen atoms in total. The normalized spacial score (nSPS) is 10.5. The Morgan fingerprint density at radius 2 is 2.05 bits per heavy atom. The van der Waals surface area contributed by atoms with E-state index in [0.717, 1.165) is 10.0 Å². The minimum Gasteiger partial charge on any atom is -0.480 e. The van der Waals surface area contributed by atoms with E-state index in [9.17, 15) is 9.59 Å². The first-order valence-electron chi connectivity index (χ1n) is 6.12. The van der Waals surface area contributed by atoms with Crippen LogP contribution in [-0.2, 0) is 16.0 Å². The Labute approximate surface area is 121 Å². The van der Waals surface area contributed by atoms with Crippen LogP contribution in [0.3, 0.4) is 0 Å². The molecule has 0 aliphatic carbocycles. The summed E-state index contributed by atoms with van der Waals surface area (Å²) in [5.41, 5.74) is 0.874. The first kappa shape index (κ1) is 15.7. The highest BCUT2D eigenvalue weighted by Crippen LogP contribution is 2.13. The second kappa shape index (κ2) is 7.28. The number of aliphatic carboxylic acids is 1. The van der Waals surface area contributed by atoms with Crippen LogP contribution in [0.25, 0.3) is 0 Å². The van der Waals surface area contributed by atoms with Crippen molar-refractivity contribution in [3.63, 3.8) is 0 Å². The second-order valence-corrected chi connectivity index (χ2v) is 5.78. The number of rotatable bonds is 6. The van der Waals surface area contributed by atoms with Crippen LogP contribution in [0.4, 0.5) is 0 Å². The number of carboxylic acids is 1. The molecule has 19 heavy (non-hydrogen) atoms. The number of carbonyl (C=O) groups excluding carboxylic acids is 1. The van der Waals surface area contributed by atoms with Crippen LogP contribution in [-0.4, -0.2) is 35.0 Å². The number of amides is 1. The largest absolute Gasteiger partial charge is 0.480 e. The molecule has 0 unspecified atom stereocenters. The summed E-state index contributed by atoms with van der Waals surface area (Å²) in [7, 11) is 0. The standard InChI is InChI=1S/C14H18BrNO3/c1-10(2)8-16(9-14(18)19)13(17)7-11-4-3-5-12(15)6-11/h3-6,10H,7-9H2,1-2H3,(H,18,19). The zero-order chi connectivity index (χ0) is 14.4. The fourth-order valence-corrected chi connectivity index (χ4v) is 2.24. The maximum Gasteiger partial charge on any atom is 0.323 e. The quantitative estimate of drug-likeness (QED) is 0.873. The lowest BCUT2D eigenvalue weighted by atomic mass is 10.1. The SMILES string of the molecule is CC(C)CN(CC(=O)O)C(=O)Cc1cccc(Br)c1. The molecule has 0 spiro atoms. The molecule has 0 aliphatic heterocycles. The van der Waals surface area contributed by atoms with E-state index >= 15 is 0 Å². The molecule has 0 radical (unpaired) electrons. The van der Waals surface area contributed by atoms with E-state index in [1.807, 2.05) is 38.1 Å². The van der Waals surface area contributed by atoms with Gasteiger partial charge in [-0.15, -0.1) is 0 Å². The van der Waals surface area contributed by atoms with Crippen LogP contribution < -0.4 is 0 Å². The predicted octanol–water partition coefficient (Wildman–Crippen LogP) is 2.56. The van der Waals surface area contributed by atoms with Crippen molar-refractivity contribution < 1.29 is 14.7 Å². The summed E-state index contributed by atoms with van der Waals surface area (Å²) in [4.78, 5) is 24.3. The van der Waals surface area contributed by atoms with Crippen LogP contribution in [0.15, 0.2) is 28.7 Å². The van der Waals surface area contributed by atoms with Crippen LogP contribution in [0.2, 0.25) is 0 Å². The fraction of sp³-hybridized carbons (Fsp3) is 0.429. The number of carbonyl (C=O) groups is 2. The van der Waals surface area contributed by atoms with Crippen LogP contribution in [0.1, 0.15) is 19.4 Å². The number of carboxylic acid groups (broad SMARTS) is 1. The van der Waals surface area contributed by atoms with Crippen molar-refractivity contribution in [1.29, 1.82) is 0 Å². The molecule has 1 aromatic carbocycles. The smallest absolute Gasteiger partial charge is 0.323 e. The van der Waals surface area contributed by atoms with E-state index in [1.165, 1.54) is 4.90 Å². The Balaban J connectivity index is 2.73. The molecular formula is C14H18BrNO3. The molecule has 0 atom stereocenters. The van der Waals surface area contributed by atoms with E-state index in [1.54, 1.807) is 0 Å². The molecule has 1 aromatic rings. The van der Waals surface area contributed by atoms with Crippen molar-refractivity contribution in [2.45, 2.75) is 20.3 Å². The number of nitrogens with zero attached hydrogens (tertiary/aromatic N) is 1. The maximum atomic E-state index is 12.1. The fourth-order valence-electron chi connectivity index (χ4n) is 1.79. The van der Waals surface area contributed by atoms with E-state index in [2.05, 4.69) is 15.9 Å². The van der Waals surface area contributed by atoms with Gasteiger partial charge in [0.05, 0.1) is 6.42 Å². The molecule has 0 saturated carbocycles. The molecule has 1 amide bonds. The molecule has 1 rings (SSSR count). The van der Waals surface area contributed by atoms with Crippen LogP contribution in [0.5, 0.6) is 0 Å². The number of hydrogen-bond acceptors (Lipinski definition) is 2. The third-order valence-electron chi connectivity index (χ3n) is 2.51. The summed E-state index contributed by atoms with van der Waals surface area (Å²) >= 11 is 3.35. The van der Waals surface area contributed by atoms with Crippen molar-refractivity contribution in [1.82, 2.24) is 4.90 Å². The van der Waals surface area contributed by atoms with Gasteiger partial charge in [-0.05, 0) is 23.6 Å². The van der Waals surface area contributed by atoms with Gasteiger partial charge in [-0.2, -0.15) is 0 Å². The lowest BCUT2D eigenvalue weighted by Gasteiger charge is -2.22. The van der Waals surface area contributed by atoms with Crippen molar-refractivity contribution in [2.24, 2.45) is 5.92 Å². The number of halogens is 1. The van der Waals surface area contributed by atoms with E-state index < -0.39 is 5.97 Å². The topological polar surface area (TPSA) is 57.6 Å². The first-order valence-corrected chi connectivity index (χ1v) is 6.91.